The highest BCUT2D eigenvalue weighted by Gasteiger charge is 2.38. The van der Waals surface area contributed by atoms with Crippen molar-refractivity contribution in [2.45, 2.75) is 62.9 Å². The molecule has 5 heteroatoms. The molecule has 102 valence electrons. The third kappa shape index (κ3) is 3.02. The van der Waals surface area contributed by atoms with E-state index in [-0.39, 0.29) is 24.0 Å². The fourth-order valence-corrected chi connectivity index (χ4v) is 3.02. The van der Waals surface area contributed by atoms with E-state index in [1.54, 1.807) is 4.90 Å². The van der Waals surface area contributed by atoms with Crippen LogP contribution in [0.2, 0.25) is 0 Å². The molecule has 0 unspecified atom stereocenters. The molecule has 0 bridgehead atoms. The van der Waals surface area contributed by atoms with Crippen molar-refractivity contribution in [3.8, 4) is 0 Å². The number of hydrogen-bond donors (Lipinski definition) is 2. The Bertz CT molecular complexity index is 333. The van der Waals surface area contributed by atoms with Gasteiger partial charge in [0.05, 0.1) is 6.54 Å². The van der Waals surface area contributed by atoms with Gasteiger partial charge in [0.25, 0.3) is 0 Å². The number of nitrogens with zero attached hydrogens (tertiary/aromatic N) is 1. The third-order valence-corrected chi connectivity index (χ3v) is 4.26. The molecule has 0 aromatic carbocycles. The Morgan fingerprint density at radius 1 is 1.17 bits per heavy atom. The predicted octanol–water partition coefficient (Wildman–Crippen LogP) is 0.514. The molecule has 4 N–H and O–H groups in total. The lowest BCUT2D eigenvalue weighted by Crippen LogP contribution is -2.53. The van der Waals surface area contributed by atoms with Gasteiger partial charge >= 0.3 is 0 Å². The molecule has 2 aliphatic rings. The monoisotopic (exact) mass is 253 g/mol. The fraction of sp³-hybridized carbons (Fsp3) is 0.846. The van der Waals surface area contributed by atoms with Crippen molar-refractivity contribution in [1.82, 2.24) is 4.90 Å². The second-order valence-electron chi connectivity index (χ2n) is 5.82. The van der Waals surface area contributed by atoms with Crippen LogP contribution < -0.4 is 11.5 Å². The lowest BCUT2D eigenvalue weighted by Gasteiger charge is -2.39. The van der Waals surface area contributed by atoms with E-state index in [9.17, 15) is 9.59 Å². The highest BCUT2D eigenvalue weighted by molar-refractivity contribution is 5.84. The summed E-state index contributed by atoms with van der Waals surface area (Å²) < 4.78 is 0. The van der Waals surface area contributed by atoms with Crippen LogP contribution in [0.15, 0.2) is 0 Å². The number of primary amides is 1. The summed E-state index contributed by atoms with van der Waals surface area (Å²) in [5.41, 5.74) is 11.0. The van der Waals surface area contributed by atoms with E-state index in [4.69, 9.17) is 11.5 Å². The van der Waals surface area contributed by atoms with Gasteiger partial charge in [-0.05, 0) is 32.1 Å². The molecule has 2 saturated carbocycles. The second-order valence-corrected chi connectivity index (χ2v) is 5.82. The molecule has 2 aliphatic carbocycles. The normalized spacial score (nSPS) is 22.5. The number of nitrogens with two attached hydrogens (primary N) is 2. The van der Waals surface area contributed by atoms with Gasteiger partial charge in [-0.1, -0.05) is 12.8 Å². The molecule has 0 spiro atoms. The summed E-state index contributed by atoms with van der Waals surface area (Å²) in [5, 5.41) is 0. The van der Waals surface area contributed by atoms with Crippen LogP contribution >= 0.6 is 0 Å². The Morgan fingerprint density at radius 3 is 2.22 bits per heavy atom. The van der Waals surface area contributed by atoms with Crippen LogP contribution in [-0.2, 0) is 9.59 Å². The van der Waals surface area contributed by atoms with Crippen LogP contribution in [0.1, 0.15) is 51.4 Å². The molecule has 5 nitrogen and oxygen atoms in total. The van der Waals surface area contributed by atoms with Crippen LogP contribution in [0.25, 0.3) is 0 Å². The first-order valence-electron chi connectivity index (χ1n) is 6.87. The second kappa shape index (κ2) is 5.26. The van der Waals surface area contributed by atoms with Gasteiger partial charge in [-0.15, -0.1) is 0 Å². The molecule has 0 atom stereocenters. The minimum absolute atomic E-state index is 0.00269. The number of hydrogen-bond acceptors (Lipinski definition) is 3. The van der Waals surface area contributed by atoms with Crippen molar-refractivity contribution < 1.29 is 9.59 Å². The largest absolute Gasteiger partial charge is 0.368 e. The predicted molar refractivity (Wildman–Crippen MR) is 68.5 cm³/mol. The highest BCUT2D eigenvalue weighted by Crippen LogP contribution is 2.33. The van der Waals surface area contributed by atoms with Crippen molar-refractivity contribution in [3.63, 3.8) is 0 Å². The summed E-state index contributed by atoms with van der Waals surface area (Å²) >= 11 is 0. The zero-order chi connectivity index (χ0) is 13.2. The Hall–Kier alpha value is -1.10. The average molecular weight is 253 g/mol. The molecule has 2 fully saturated rings. The maximum Gasteiger partial charge on any atom is 0.237 e. The van der Waals surface area contributed by atoms with Crippen molar-refractivity contribution in [2.75, 3.05) is 6.54 Å². The Balaban J connectivity index is 1.97. The van der Waals surface area contributed by atoms with Gasteiger partial charge in [0.15, 0.2) is 0 Å². The molecular formula is C13H23N3O2. The first-order chi connectivity index (χ1) is 8.50. The van der Waals surface area contributed by atoms with Crippen LogP contribution in [0.4, 0.5) is 0 Å². The number of carbonyl (C=O) groups excluding carboxylic acids is 2. The van der Waals surface area contributed by atoms with Crippen LogP contribution in [-0.4, -0.2) is 34.8 Å². The number of rotatable bonds is 5. The van der Waals surface area contributed by atoms with Gasteiger partial charge in [-0.25, -0.2) is 0 Å². The minimum atomic E-state index is -0.435. The summed E-state index contributed by atoms with van der Waals surface area (Å²) in [7, 11) is 0. The number of carbonyl (C=O) groups is 2. The lowest BCUT2D eigenvalue weighted by molar-refractivity contribution is -0.139. The van der Waals surface area contributed by atoms with Crippen molar-refractivity contribution in [1.29, 1.82) is 0 Å². The molecule has 18 heavy (non-hydrogen) atoms. The van der Waals surface area contributed by atoms with E-state index in [1.807, 2.05) is 0 Å². The third-order valence-electron chi connectivity index (χ3n) is 4.26. The van der Waals surface area contributed by atoms with Crippen LogP contribution in [0.3, 0.4) is 0 Å². The molecule has 0 radical (unpaired) electrons. The molecule has 2 rings (SSSR count). The zero-order valence-electron chi connectivity index (χ0n) is 10.9. The summed E-state index contributed by atoms with van der Waals surface area (Å²) in [5.74, 6) is -0.433. The van der Waals surface area contributed by atoms with E-state index in [1.165, 1.54) is 0 Å². The minimum Gasteiger partial charge on any atom is -0.368 e. The van der Waals surface area contributed by atoms with Gasteiger partial charge in [-0.3, -0.25) is 9.59 Å². The summed E-state index contributed by atoms with van der Waals surface area (Å²) in [4.78, 5) is 25.1. The quantitative estimate of drug-likeness (QED) is 0.748. The molecule has 0 heterocycles. The van der Waals surface area contributed by atoms with Gasteiger partial charge in [-0.2, -0.15) is 0 Å². The maximum absolute atomic E-state index is 12.3. The smallest absolute Gasteiger partial charge is 0.237 e. The van der Waals surface area contributed by atoms with E-state index in [2.05, 4.69) is 0 Å². The zero-order valence-corrected chi connectivity index (χ0v) is 10.9. The average Bonchev–Trinajstić information content (AvgIpc) is 2.76. The first-order valence-corrected chi connectivity index (χ1v) is 6.87. The molecule has 2 amide bonds. The topological polar surface area (TPSA) is 89.4 Å². The van der Waals surface area contributed by atoms with Gasteiger partial charge in [0.2, 0.25) is 11.8 Å². The van der Waals surface area contributed by atoms with E-state index in [0.717, 1.165) is 44.9 Å². The standard InChI is InChI=1S/C13H23N3O2/c14-11(17)9-16(10-4-1-2-5-10)12(18)8-13(15)6-3-7-13/h10H,1-9,15H2,(H2,14,17). The van der Waals surface area contributed by atoms with E-state index < -0.39 is 5.91 Å². The Labute approximate surface area is 108 Å². The lowest BCUT2D eigenvalue weighted by atomic mass is 9.75. The summed E-state index contributed by atoms with van der Waals surface area (Å²) in [6.45, 7) is 0.0413. The fourth-order valence-electron chi connectivity index (χ4n) is 3.02. The van der Waals surface area contributed by atoms with Crippen LogP contribution in [0.5, 0.6) is 0 Å². The summed E-state index contributed by atoms with van der Waals surface area (Å²) in [6.07, 6.45) is 7.50. The van der Waals surface area contributed by atoms with Crippen molar-refractivity contribution in [2.24, 2.45) is 11.5 Å². The van der Waals surface area contributed by atoms with E-state index in [0.29, 0.717) is 6.42 Å². The molecule has 0 saturated heterocycles. The molecular weight excluding hydrogens is 230 g/mol. The molecule has 0 aliphatic heterocycles. The van der Waals surface area contributed by atoms with Gasteiger partial charge < -0.3 is 16.4 Å². The number of amides is 2. The van der Waals surface area contributed by atoms with E-state index >= 15 is 0 Å². The SMILES string of the molecule is NC(=O)CN(C(=O)CC1(N)CCC1)C1CCCC1. The van der Waals surface area contributed by atoms with Gasteiger partial charge in [0.1, 0.15) is 0 Å². The summed E-state index contributed by atoms with van der Waals surface area (Å²) in [6, 6.07) is 0.189. The first kappa shape index (κ1) is 13.3. The molecule has 0 aromatic heterocycles. The van der Waals surface area contributed by atoms with Gasteiger partial charge in [0, 0.05) is 18.0 Å². The highest BCUT2D eigenvalue weighted by atomic mass is 16.2. The Kier molecular flexibility index (Phi) is 3.90. The Morgan fingerprint density at radius 2 is 1.78 bits per heavy atom. The van der Waals surface area contributed by atoms with Crippen molar-refractivity contribution >= 4 is 11.8 Å². The maximum atomic E-state index is 12.3. The van der Waals surface area contributed by atoms with Crippen LogP contribution in [0, 0.1) is 0 Å². The molecule has 0 aromatic rings. The van der Waals surface area contributed by atoms with Crippen molar-refractivity contribution in [3.05, 3.63) is 0 Å².